The molecule has 0 saturated carbocycles. The summed E-state index contributed by atoms with van der Waals surface area (Å²) in [6.07, 6.45) is 3.24. The summed E-state index contributed by atoms with van der Waals surface area (Å²) in [7, 11) is 4.15. The minimum atomic E-state index is 0.0112. The third-order valence-corrected chi connectivity index (χ3v) is 5.32. The van der Waals surface area contributed by atoms with Gasteiger partial charge in [-0.25, -0.2) is 4.79 Å². The summed E-state index contributed by atoms with van der Waals surface area (Å²) in [6, 6.07) is 8.88. The van der Waals surface area contributed by atoms with E-state index >= 15 is 0 Å². The molecule has 1 aromatic heterocycles. The average Bonchev–Trinajstić information content (AvgIpc) is 2.98. The number of carbonyl (C=O) groups excluding carboxylic acids is 1. The van der Waals surface area contributed by atoms with Crippen molar-refractivity contribution in [1.29, 1.82) is 0 Å². The van der Waals surface area contributed by atoms with Gasteiger partial charge in [-0.2, -0.15) is 5.10 Å². The van der Waals surface area contributed by atoms with E-state index in [0.29, 0.717) is 6.54 Å². The number of hydrogen-bond donors (Lipinski definition) is 2. The normalized spacial score (nSPS) is 17.4. The maximum Gasteiger partial charge on any atom is 0.318 e. The predicted octanol–water partition coefficient (Wildman–Crippen LogP) is 3.52. The summed E-state index contributed by atoms with van der Waals surface area (Å²) in [5.74, 6) is 0. The van der Waals surface area contributed by atoms with Crippen LogP contribution >= 0.6 is 0 Å². The van der Waals surface area contributed by atoms with Crippen LogP contribution in [0.25, 0.3) is 0 Å². The van der Waals surface area contributed by atoms with Gasteiger partial charge in [-0.3, -0.25) is 5.10 Å². The molecule has 3 rings (SSSR count). The van der Waals surface area contributed by atoms with Crippen LogP contribution in [0.5, 0.6) is 0 Å². The van der Waals surface area contributed by atoms with Gasteiger partial charge in [-0.15, -0.1) is 0 Å². The summed E-state index contributed by atoms with van der Waals surface area (Å²) >= 11 is 0. The number of carbonyl (C=O) groups is 1. The molecule has 1 aliphatic rings. The number of amides is 2. The lowest BCUT2D eigenvalue weighted by atomic mass is 9.95. The molecule has 1 atom stereocenters. The topological polar surface area (TPSA) is 64.3 Å². The minimum Gasteiger partial charge on any atom is -0.334 e. The maximum absolute atomic E-state index is 12.9. The van der Waals surface area contributed by atoms with Crippen LogP contribution in [0.15, 0.2) is 24.3 Å². The molecular formula is C21H31N5O. The van der Waals surface area contributed by atoms with Crippen molar-refractivity contribution < 1.29 is 4.79 Å². The summed E-state index contributed by atoms with van der Waals surface area (Å²) in [5, 5.41) is 10.3. The molecule has 1 aromatic carbocycles. The van der Waals surface area contributed by atoms with E-state index in [4.69, 9.17) is 0 Å². The van der Waals surface area contributed by atoms with Gasteiger partial charge in [0.2, 0.25) is 0 Å². The van der Waals surface area contributed by atoms with Crippen LogP contribution in [0.2, 0.25) is 0 Å². The molecule has 2 heterocycles. The zero-order chi connectivity index (χ0) is 19.4. The van der Waals surface area contributed by atoms with Gasteiger partial charge in [0.1, 0.15) is 0 Å². The summed E-state index contributed by atoms with van der Waals surface area (Å²) in [4.78, 5) is 17.0. The first-order chi connectivity index (χ1) is 13.0. The van der Waals surface area contributed by atoms with Gasteiger partial charge in [0.05, 0.1) is 11.7 Å². The van der Waals surface area contributed by atoms with E-state index in [0.717, 1.165) is 49.3 Å². The average molecular weight is 370 g/mol. The van der Waals surface area contributed by atoms with Gasteiger partial charge in [0, 0.05) is 30.9 Å². The number of nitrogens with zero attached hydrogens (tertiary/aromatic N) is 3. The molecule has 1 fully saturated rings. The Morgan fingerprint density at radius 2 is 2.00 bits per heavy atom. The minimum absolute atomic E-state index is 0.0112. The molecule has 2 amide bonds. The van der Waals surface area contributed by atoms with Crippen LogP contribution in [-0.4, -0.2) is 46.7 Å². The first kappa shape index (κ1) is 19.4. The number of piperidine rings is 1. The maximum atomic E-state index is 12.9. The van der Waals surface area contributed by atoms with Crippen LogP contribution < -0.4 is 5.32 Å². The van der Waals surface area contributed by atoms with Gasteiger partial charge < -0.3 is 15.1 Å². The van der Waals surface area contributed by atoms with E-state index in [1.165, 1.54) is 11.1 Å². The van der Waals surface area contributed by atoms with Crippen molar-refractivity contribution in [3.8, 4) is 0 Å². The lowest BCUT2D eigenvalue weighted by Gasteiger charge is -2.36. The second-order valence-corrected chi connectivity index (χ2v) is 7.76. The molecule has 1 saturated heterocycles. The number of aryl methyl sites for hydroxylation is 2. The third kappa shape index (κ3) is 4.69. The van der Waals surface area contributed by atoms with Gasteiger partial charge in [-0.1, -0.05) is 24.3 Å². The van der Waals surface area contributed by atoms with Gasteiger partial charge in [0.15, 0.2) is 0 Å². The van der Waals surface area contributed by atoms with Crippen molar-refractivity contribution in [1.82, 2.24) is 25.3 Å². The Labute approximate surface area is 161 Å². The fraction of sp³-hybridized carbons (Fsp3) is 0.524. The Morgan fingerprint density at radius 1 is 1.26 bits per heavy atom. The monoisotopic (exact) mass is 369 g/mol. The number of benzene rings is 1. The number of aromatic amines is 1. The fourth-order valence-corrected chi connectivity index (χ4v) is 3.83. The smallest absolute Gasteiger partial charge is 0.318 e. The van der Waals surface area contributed by atoms with E-state index in [1.807, 2.05) is 18.7 Å². The molecule has 1 aliphatic heterocycles. The number of urea groups is 1. The fourth-order valence-electron chi connectivity index (χ4n) is 3.83. The molecule has 6 nitrogen and oxygen atoms in total. The quantitative estimate of drug-likeness (QED) is 0.847. The van der Waals surface area contributed by atoms with Gasteiger partial charge in [0.25, 0.3) is 0 Å². The standard InChI is InChI=1S/C21H31N5O/c1-15-19(16(2)24-23-15)13-22-21(27)26-12-6-5-7-20(26)18-10-8-17(9-11-18)14-25(3)4/h8-11,20H,5-7,12-14H2,1-4H3,(H,22,27)(H,23,24)/t20-/m1/s1. The molecule has 0 unspecified atom stereocenters. The largest absolute Gasteiger partial charge is 0.334 e. The number of likely N-dealkylation sites (tertiary alicyclic amines) is 1. The molecule has 0 bridgehead atoms. The second-order valence-electron chi connectivity index (χ2n) is 7.76. The van der Waals surface area contributed by atoms with Crippen LogP contribution in [0.4, 0.5) is 4.79 Å². The predicted molar refractivity (Wildman–Crippen MR) is 107 cm³/mol. The highest BCUT2D eigenvalue weighted by Gasteiger charge is 2.28. The number of rotatable bonds is 5. The van der Waals surface area contributed by atoms with Crippen molar-refractivity contribution in [2.75, 3.05) is 20.6 Å². The highest BCUT2D eigenvalue weighted by molar-refractivity contribution is 5.75. The number of aromatic nitrogens is 2. The zero-order valence-electron chi connectivity index (χ0n) is 16.9. The van der Waals surface area contributed by atoms with E-state index < -0.39 is 0 Å². The lowest BCUT2D eigenvalue weighted by Crippen LogP contribution is -2.44. The molecule has 146 valence electrons. The van der Waals surface area contributed by atoms with Crippen LogP contribution in [-0.2, 0) is 13.1 Å². The first-order valence-corrected chi connectivity index (χ1v) is 9.74. The second kappa shape index (κ2) is 8.57. The molecule has 2 N–H and O–H groups in total. The summed E-state index contributed by atoms with van der Waals surface area (Å²) in [5.41, 5.74) is 5.55. The van der Waals surface area contributed by atoms with Crippen LogP contribution in [0.3, 0.4) is 0 Å². The molecule has 2 aromatic rings. The van der Waals surface area contributed by atoms with Crippen molar-refractivity contribution in [3.05, 3.63) is 52.3 Å². The van der Waals surface area contributed by atoms with Gasteiger partial charge in [-0.05, 0) is 58.3 Å². The van der Waals surface area contributed by atoms with E-state index in [9.17, 15) is 4.79 Å². The van der Waals surface area contributed by atoms with Crippen LogP contribution in [0, 0.1) is 13.8 Å². The Hall–Kier alpha value is -2.34. The zero-order valence-corrected chi connectivity index (χ0v) is 16.9. The Kier molecular flexibility index (Phi) is 6.16. The van der Waals surface area contributed by atoms with E-state index in [-0.39, 0.29) is 12.1 Å². The van der Waals surface area contributed by atoms with Crippen molar-refractivity contribution in [3.63, 3.8) is 0 Å². The summed E-state index contributed by atoms with van der Waals surface area (Å²) < 4.78 is 0. The highest BCUT2D eigenvalue weighted by Crippen LogP contribution is 2.31. The number of hydrogen-bond acceptors (Lipinski definition) is 3. The summed E-state index contributed by atoms with van der Waals surface area (Å²) in [6.45, 7) is 6.19. The molecule has 0 aliphatic carbocycles. The number of H-pyrrole nitrogens is 1. The SMILES string of the molecule is Cc1n[nH]c(C)c1CNC(=O)N1CCCC[C@@H]1c1ccc(CN(C)C)cc1. The van der Waals surface area contributed by atoms with Crippen LogP contribution in [0.1, 0.15) is 53.4 Å². The Bertz CT molecular complexity index is 746. The Balaban J connectivity index is 1.68. The van der Waals surface area contributed by atoms with E-state index in [1.54, 1.807) is 0 Å². The molecule has 6 heteroatoms. The third-order valence-electron chi connectivity index (χ3n) is 5.32. The molecule has 0 spiro atoms. The van der Waals surface area contributed by atoms with Crippen molar-refractivity contribution in [2.45, 2.75) is 52.2 Å². The van der Waals surface area contributed by atoms with Crippen molar-refractivity contribution in [2.24, 2.45) is 0 Å². The van der Waals surface area contributed by atoms with Gasteiger partial charge >= 0.3 is 6.03 Å². The van der Waals surface area contributed by atoms with Crippen molar-refractivity contribution >= 4 is 6.03 Å². The lowest BCUT2D eigenvalue weighted by molar-refractivity contribution is 0.151. The first-order valence-electron chi connectivity index (χ1n) is 9.74. The van der Waals surface area contributed by atoms with E-state index in [2.05, 4.69) is 58.8 Å². The molecule has 0 radical (unpaired) electrons. The molecule has 27 heavy (non-hydrogen) atoms. The number of nitrogens with one attached hydrogen (secondary N) is 2. The Morgan fingerprint density at radius 3 is 2.63 bits per heavy atom. The molecular weight excluding hydrogens is 338 g/mol. The highest BCUT2D eigenvalue weighted by atomic mass is 16.2.